The molecule has 0 atom stereocenters. The van der Waals surface area contributed by atoms with Crippen LogP contribution in [0.3, 0.4) is 0 Å². The van der Waals surface area contributed by atoms with Crippen LogP contribution in [0.4, 0.5) is 0 Å². The zero-order valence-electron chi connectivity index (χ0n) is 12.6. The second kappa shape index (κ2) is 7.36. The van der Waals surface area contributed by atoms with Gasteiger partial charge in [0.15, 0.2) is 11.6 Å². The zero-order valence-corrected chi connectivity index (χ0v) is 13.8. The van der Waals surface area contributed by atoms with Crippen LogP contribution in [0.25, 0.3) is 0 Å². The lowest BCUT2D eigenvalue weighted by molar-refractivity contribution is 0.0987. The van der Waals surface area contributed by atoms with E-state index in [2.05, 4.69) is 22.9 Å². The van der Waals surface area contributed by atoms with E-state index in [1.165, 1.54) is 0 Å². The van der Waals surface area contributed by atoms with Crippen molar-refractivity contribution in [1.82, 2.24) is 0 Å². The summed E-state index contributed by atoms with van der Waals surface area (Å²) in [7, 11) is 0. The first-order chi connectivity index (χ1) is 10.6. The Morgan fingerprint density at radius 1 is 1.23 bits per heavy atom. The van der Waals surface area contributed by atoms with E-state index < -0.39 is 0 Å². The van der Waals surface area contributed by atoms with Gasteiger partial charge in [0, 0.05) is 23.1 Å². The second-order valence-corrected chi connectivity index (χ2v) is 5.66. The molecule has 0 saturated heterocycles. The van der Waals surface area contributed by atoms with Crippen molar-refractivity contribution in [3.63, 3.8) is 0 Å². The molecule has 0 unspecified atom stereocenters. The van der Waals surface area contributed by atoms with Gasteiger partial charge in [-0.2, -0.15) is 0 Å². The summed E-state index contributed by atoms with van der Waals surface area (Å²) in [5.41, 5.74) is 3.94. The summed E-state index contributed by atoms with van der Waals surface area (Å²) in [6, 6.07) is 12.9. The molecule has 0 aliphatic heterocycles. The molecule has 2 aromatic rings. The average Bonchev–Trinajstić information content (AvgIpc) is 2.55. The number of hydrogen-bond acceptors (Lipinski definition) is 2. The topological polar surface area (TPSA) is 34.1 Å². The monoisotopic (exact) mass is 304 g/mol. The summed E-state index contributed by atoms with van der Waals surface area (Å²) in [6.07, 6.45) is 2.19. The maximum Gasteiger partial charge on any atom is 0.193 e. The number of benzene rings is 2. The number of ketones is 2. The van der Waals surface area contributed by atoms with E-state index in [1.54, 1.807) is 12.1 Å². The number of allylic oxidation sites excluding steroid dienone is 1. The number of fused-ring (bicyclic) bond motifs is 3. The fraction of sp³-hybridized carbons (Fsp3) is 0.158. The molecular weight excluding hydrogens is 287 g/mol. The lowest BCUT2D eigenvalue weighted by atomic mass is 9.86. The summed E-state index contributed by atoms with van der Waals surface area (Å²) >= 11 is 2.54. The molecule has 22 heavy (non-hydrogen) atoms. The van der Waals surface area contributed by atoms with Crippen LogP contribution in [0.15, 0.2) is 55.1 Å². The van der Waals surface area contributed by atoms with E-state index >= 15 is 0 Å². The Kier molecular flexibility index (Phi) is 5.49. The highest BCUT2D eigenvalue weighted by Crippen LogP contribution is 2.24. The summed E-state index contributed by atoms with van der Waals surface area (Å²) < 4.78 is 0. The molecule has 2 aliphatic carbocycles. The van der Waals surface area contributed by atoms with Crippen molar-refractivity contribution in [3.8, 4) is 0 Å². The van der Waals surface area contributed by atoms with Crippen LogP contribution >= 0.6 is 0 Å². The minimum absolute atomic E-state index is 0.000602. The predicted octanol–water partition coefficient (Wildman–Crippen LogP) is 3.72. The smallest absolute Gasteiger partial charge is 0.193 e. The molecule has 0 heterocycles. The summed E-state index contributed by atoms with van der Waals surface area (Å²) in [5.74, 6) is 0.104. The van der Waals surface area contributed by atoms with Crippen molar-refractivity contribution in [2.24, 2.45) is 0 Å². The van der Waals surface area contributed by atoms with Gasteiger partial charge in [0.05, 0.1) is 0 Å². The van der Waals surface area contributed by atoms with E-state index in [9.17, 15) is 9.59 Å². The van der Waals surface area contributed by atoms with Gasteiger partial charge in [0.2, 0.25) is 0 Å². The van der Waals surface area contributed by atoms with Gasteiger partial charge in [-0.3, -0.25) is 9.59 Å². The van der Waals surface area contributed by atoms with Crippen LogP contribution in [0, 0.1) is 6.92 Å². The molecule has 2 aromatic carbocycles. The fourth-order valence-electron chi connectivity index (χ4n) is 2.25. The molecule has 0 amide bonds. The van der Waals surface area contributed by atoms with E-state index in [0.29, 0.717) is 23.1 Å². The molecule has 2 bridgehead atoms. The number of carbonyl (C=O) groups excluding carboxylic acids is 2. The number of carbonyl (C=O) groups is 2. The van der Waals surface area contributed by atoms with Gasteiger partial charge < -0.3 is 0 Å². The van der Waals surface area contributed by atoms with E-state index in [4.69, 9.17) is 0 Å². The maximum absolute atomic E-state index is 12.4. The third-order valence-electron chi connectivity index (χ3n) is 3.51. The van der Waals surface area contributed by atoms with Gasteiger partial charge in [-0.05, 0) is 18.6 Å². The lowest BCUT2D eigenvalue weighted by Crippen LogP contribution is -2.17. The second-order valence-electron chi connectivity index (χ2n) is 5.19. The first-order valence-electron chi connectivity index (χ1n) is 7.15. The van der Waals surface area contributed by atoms with Gasteiger partial charge in [-0.25, -0.2) is 0 Å². The Morgan fingerprint density at radius 3 is 2.32 bits per heavy atom. The SMILES string of the molecule is C=C[CH2][Al].Cc1ccc(C(=O)c2cc3ccc2CC3=O)cc1. The highest BCUT2D eigenvalue weighted by atomic mass is 27.0. The first kappa shape index (κ1) is 16.4. The van der Waals surface area contributed by atoms with Crippen molar-refractivity contribution in [2.75, 3.05) is 0 Å². The third kappa shape index (κ3) is 3.63. The molecule has 108 valence electrons. The molecule has 0 N–H and O–H groups in total. The molecule has 2 aliphatic rings. The Hall–Kier alpha value is -1.95. The van der Waals surface area contributed by atoms with Crippen molar-refractivity contribution in [1.29, 1.82) is 0 Å². The highest BCUT2D eigenvalue weighted by molar-refractivity contribution is 6.14. The Balaban J connectivity index is 0.000000396. The van der Waals surface area contributed by atoms with Crippen LogP contribution in [0.2, 0.25) is 5.28 Å². The molecule has 0 spiro atoms. The van der Waals surface area contributed by atoms with Crippen LogP contribution in [-0.4, -0.2) is 27.9 Å². The molecule has 0 aromatic heterocycles. The molecule has 3 heteroatoms. The van der Waals surface area contributed by atoms with Crippen LogP contribution < -0.4 is 0 Å². The normalized spacial score (nSPS) is 11.6. The van der Waals surface area contributed by atoms with Crippen LogP contribution in [-0.2, 0) is 6.42 Å². The maximum atomic E-state index is 12.4. The van der Waals surface area contributed by atoms with Gasteiger partial charge in [0.1, 0.15) is 16.3 Å². The van der Waals surface area contributed by atoms with Gasteiger partial charge in [-0.1, -0.05) is 42.0 Å². The van der Waals surface area contributed by atoms with E-state index in [0.717, 1.165) is 16.4 Å². The molecule has 0 saturated carbocycles. The molecule has 4 rings (SSSR count). The minimum atomic E-state index is -0.000602. The van der Waals surface area contributed by atoms with Crippen LogP contribution in [0.1, 0.15) is 37.4 Å². The third-order valence-corrected chi connectivity index (χ3v) is 3.84. The number of rotatable bonds is 3. The quantitative estimate of drug-likeness (QED) is 0.492. The van der Waals surface area contributed by atoms with Gasteiger partial charge in [0.25, 0.3) is 0 Å². The van der Waals surface area contributed by atoms with Crippen molar-refractivity contribution in [3.05, 3.63) is 82.9 Å². The minimum Gasteiger partial charge on any atom is -0.294 e. The number of hydrogen-bond donors (Lipinski definition) is 0. The standard InChI is InChI=1S/C16H12O2.C3H5.Al/c1-10-2-4-11(5-3-10)16(18)14-8-13-7-6-12(14)9-15(13)17;1-3-2;/h2-8H,9H2,1H3;3H,1-2H2;. The number of Topliss-reactive ketones (excluding diaryl/α,β-unsaturated/α-hetero) is 1. The Morgan fingerprint density at radius 2 is 1.86 bits per heavy atom. The van der Waals surface area contributed by atoms with Crippen molar-refractivity contribution >= 4 is 27.9 Å². The summed E-state index contributed by atoms with van der Waals surface area (Å²) in [5, 5.41) is 1.00. The highest BCUT2D eigenvalue weighted by Gasteiger charge is 2.22. The zero-order chi connectivity index (χ0) is 16.1. The summed E-state index contributed by atoms with van der Waals surface area (Å²) in [4.78, 5) is 23.9. The van der Waals surface area contributed by atoms with E-state index in [1.807, 2.05) is 43.3 Å². The van der Waals surface area contributed by atoms with Crippen molar-refractivity contribution < 1.29 is 9.59 Å². The Bertz CT molecular complexity index is 715. The van der Waals surface area contributed by atoms with Gasteiger partial charge >= 0.3 is 0 Å². The molecule has 2 nitrogen and oxygen atoms in total. The first-order valence-corrected chi connectivity index (χ1v) is 7.97. The van der Waals surface area contributed by atoms with E-state index in [-0.39, 0.29) is 11.6 Å². The molecule has 2 radical (unpaired) electrons. The number of aryl methyl sites for hydroxylation is 1. The van der Waals surface area contributed by atoms with Crippen molar-refractivity contribution in [2.45, 2.75) is 18.6 Å². The largest absolute Gasteiger partial charge is 0.294 e. The lowest BCUT2D eigenvalue weighted by Gasteiger charge is -2.15. The Labute approximate surface area is 139 Å². The van der Waals surface area contributed by atoms with Gasteiger partial charge in [-0.15, -0.1) is 17.9 Å². The molecular formula is C19H17AlO2. The predicted molar refractivity (Wildman–Crippen MR) is 89.8 cm³/mol. The molecule has 0 fully saturated rings. The summed E-state index contributed by atoms with van der Waals surface area (Å²) in [6.45, 7) is 5.45. The fourth-order valence-corrected chi connectivity index (χ4v) is 2.25. The van der Waals surface area contributed by atoms with Crippen LogP contribution in [0.5, 0.6) is 0 Å². The average molecular weight is 304 g/mol.